The molecule has 0 aliphatic carbocycles. The van der Waals surface area contributed by atoms with Gasteiger partial charge in [-0.15, -0.1) is 0 Å². The van der Waals surface area contributed by atoms with Crippen molar-refractivity contribution < 1.29 is 17.9 Å². The van der Waals surface area contributed by atoms with Crippen molar-refractivity contribution in [3.05, 3.63) is 28.2 Å². The summed E-state index contributed by atoms with van der Waals surface area (Å²) < 4.78 is 33.5. The predicted octanol–water partition coefficient (Wildman–Crippen LogP) is 3.39. The quantitative estimate of drug-likeness (QED) is 0.717. The fraction of sp³-hybridized carbons (Fsp3) is 0.588. The molecule has 1 aliphatic heterocycles. The molecular formula is C17H25BrN2O4S. The first-order chi connectivity index (χ1) is 11.5. The van der Waals surface area contributed by atoms with Crippen molar-refractivity contribution in [1.82, 2.24) is 9.21 Å². The van der Waals surface area contributed by atoms with Crippen LogP contribution in [0.4, 0.5) is 4.79 Å². The Hall–Kier alpha value is -1.12. The Morgan fingerprint density at radius 2 is 1.84 bits per heavy atom. The second-order valence-electron chi connectivity index (χ2n) is 7.14. The molecule has 1 amide bonds. The van der Waals surface area contributed by atoms with Gasteiger partial charge in [0.2, 0.25) is 10.0 Å². The van der Waals surface area contributed by atoms with Gasteiger partial charge in [0.1, 0.15) is 5.60 Å². The molecule has 0 radical (unpaired) electrons. The molecule has 1 aliphatic rings. The highest BCUT2D eigenvalue weighted by Gasteiger charge is 2.30. The number of sulfonamides is 1. The number of carbonyl (C=O) groups excluding carboxylic acids is 1. The summed E-state index contributed by atoms with van der Waals surface area (Å²) in [7, 11) is -3.58. The van der Waals surface area contributed by atoms with Gasteiger partial charge in [0.15, 0.2) is 0 Å². The normalized spacial score (nSPS) is 17.2. The first kappa shape index (κ1) is 20.2. The van der Waals surface area contributed by atoms with Crippen molar-refractivity contribution in [3.8, 4) is 0 Å². The summed E-state index contributed by atoms with van der Waals surface area (Å²) in [5.74, 6) is 0. The summed E-state index contributed by atoms with van der Waals surface area (Å²) in [6, 6.07) is 5.01. The first-order valence-corrected chi connectivity index (χ1v) is 10.5. The highest BCUT2D eigenvalue weighted by atomic mass is 79.9. The predicted molar refractivity (Wildman–Crippen MR) is 100 cm³/mol. The lowest BCUT2D eigenvalue weighted by Crippen LogP contribution is -2.40. The fourth-order valence-electron chi connectivity index (χ4n) is 2.57. The lowest BCUT2D eigenvalue weighted by atomic mass is 10.2. The molecule has 2 rings (SSSR count). The minimum absolute atomic E-state index is 0.261. The second kappa shape index (κ2) is 7.63. The molecule has 0 atom stereocenters. The molecule has 0 unspecified atom stereocenters. The summed E-state index contributed by atoms with van der Waals surface area (Å²) >= 11 is 3.39. The summed E-state index contributed by atoms with van der Waals surface area (Å²) in [6.07, 6.45) is 0.180. The third-order valence-electron chi connectivity index (χ3n) is 3.87. The SMILES string of the molecule is Cc1cc(S(=O)(=O)N2CCCN(C(=O)OC(C)(C)C)CC2)ccc1Br. The second-order valence-corrected chi connectivity index (χ2v) is 9.93. The maximum Gasteiger partial charge on any atom is 0.410 e. The highest BCUT2D eigenvalue weighted by molar-refractivity contribution is 9.10. The fourth-order valence-corrected chi connectivity index (χ4v) is 4.37. The van der Waals surface area contributed by atoms with E-state index < -0.39 is 21.7 Å². The van der Waals surface area contributed by atoms with Gasteiger partial charge in [-0.05, 0) is 57.9 Å². The Morgan fingerprint density at radius 1 is 1.16 bits per heavy atom. The number of rotatable bonds is 2. The maximum atomic E-state index is 12.9. The molecule has 0 saturated carbocycles. The number of hydrogen-bond donors (Lipinski definition) is 0. The van der Waals surface area contributed by atoms with Gasteiger partial charge < -0.3 is 9.64 Å². The Labute approximate surface area is 158 Å². The molecule has 1 heterocycles. The van der Waals surface area contributed by atoms with Crippen molar-refractivity contribution in [3.63, 3.8) is 0 Å². The maximum absolute atomic E-state index is 12.9. The van der Waals surface area contributed by atoms with Crippen LogP contribution in [0.5, 0.6) is 0 Å². The van der Waals surface area contributed by atoms with Crippen molar-refractivity contribution in [2.45, 2.75) is 44.6 Å². The van der Waals surface area contributed by atoms with Gasteiger partial charge in [-0.3, -0.25) is 0 Å². The van der Waals surface area contributed by atoms with E-state index >= 15 is 0 Å². The average Bonchev–Trinajstić information content (AvgIpc) is 2.74. The molecule has 0 aromatic heterocycles. The zero-order valence-electron chi connectivity index (χ0n) is 15.1. The Balaban J connectivity index is 2.11. The molecule has 1 fully saturated rings. The van der Waals surface area contributed by atoms with Crippen LogP contribution in [0.3, 0.4) is 0 Å². The lowest BCUT2D eigenvalue weighted by Gasteiger charge is -2.26. The molecule has 1 saturated heterocycles. The monoisotopic (exact) mass is 432 g/mol. The average molecular weight is 433 g/mol. The number of nitrogens with zero attached hydrogens (tertiary/aromatic N) is 2. The van der Waals surface area contributed by atoms with E-state index in [0.29, 0.717) is 26.1 Å². The molecule has 1 aromatic carbocycles. The third-order valence-corrected chi connectivity index (χ3v) is 6.66. The molecule has 0 N–H and O–H groups in total. The lowest BCUT2D eigenvalue weighted by molar-refractivity contribution is 0.0260. The largest absolute Gasteiger partial charge is 0.444 e. The molecule has 1 aromatic rings. The smallest absolute Gasteiger partial charge is 0.410 e. The van der Waals surface area contributed by atoms with Crippen LogP contribution in [0.2, 0.25) is 0 Å². The summed E-state index contributed by atoms with van der Waals surface area (Å²) in [5, 5.41) is 0. The third kappa shape index (κ3) is 5.18. The van der Waals surface area contributed by atoms with Crippen LogP contribution in [-0.2, 0) is 14.8 Å². The Morgan fingerprint density at radius 3 is 2.44 bits per heavy atom. The number of carbonyl (C=O) groups is 1. The topological polar surface area (TPSA) is 66.9 Å². The van der Waals surface area contributed by atoms with Crippen LogP contribution >= 0.6 is 15.9 Å². The van der Waals surface area contributed by atoms with E-state index in [1.165, 1.54) is 4.31 Å². The van der Waals surface area contributed by atoms with E-state index in [4.69, 9.17) is 4.74 Å². The molecule has 25 heavy (non-hydrogen) atoms. The number of halogens is 1. The summed E-state index contributed by atoms with van der Waals surface area (Å²) in [5.41, 5.74) is 0.302. The van der Waals surface area contributed by atoms with Crippen LogP contribution in [0.1, 0.15) is 32.8 Å². The van der Waals surface area contributed by atoms with Crippen molar-refractivity contribution in [2.24, 2.45) is 0 Å². The molecule has 6 nitrogen and oxygen atoms in total. The molecule has 0 spiro atoms. The van der Waals surface area contributed by atoms with Crippen LogP contribution in [0.25, 0.3) is 0 Å². The number of benzene rings is 1. The van der Waals surface area contributed by atoms with Gasteiger partial charge in [-0.1, -0.05) is 15.9 Å². The van der Waals surface area contributed by atoms with Gasteiger partial charge in [0, 0.05) is 30.7 Å². The summed E-state index contributed by atoms with van der Waals surface area (Å²) in [4.78, 5) is 14.1. The zero-order chi connectivity index (χ0) is 18.8. The van der Waals surface area contributed by atoms with E-state index in [0.717, 1.165) is 10.0 Å². The number of ether oxygens (including phenoxy) is 1. The van der Waals surface area contributed by atoms with Crippen LogP contribution in [-0.4, -0.2) is 55.5 Å². The first-order valence-electron chi connectivity index (χ1n) is 8.25. The number of hydrogen-bond acceptors (Lipinski definition) is 4. The van der Waals surface area contributed by atoms with Crippen molar-refractivity contribution >= 4 is 32.0 Å². The Bertz CT molecular complexity index is 744. The van der Waals surface area contributed by atoms with E-state index in [-0.39, 0.29) is 11.4 Å². The van der Waals surface area contributed by atoms with Crippen LogP contribution in [0, 0.1) is 6.92 Å². The molecular weight excluding hydrogens is 408 g/mol. The standard InChI is InChI=1S/C17H25BrN2O4S/c1-13-12-14(6-7-15(13)18)25(22,23)20-9-5-8-19(10-11-20)16(21)24-17(2,3)4/h6-7,12H,5,8-11H2,1-4H3. The number of aryl methyl sites for hydroxylation is 1. The minimum Gasteiger partial charge on any atom is -0.444 e. The van der Waals surface area contributed by atoms with Gasteiger partial charge in [-0.2, -0.15) is 4.31 Å². The highest BCUT2D eigenvalue weighted by Crippen LogP contribution is 2.23. The minimum atomic E-state index is -3.58. The molecule has 8 heteroatoms. The zero-order valence-corrected chi connectivity index (χ0v) is 17.5. The van der Waals surface area contributed by atoms with E-state index in [9.17, 15) is 13.2 Å². The van der Waals surface area contributed by atoms with E-state index in [1.807, 2.05) is 27.7 Å². The molecule has 0 bridgehead atoms. The van der Waals surface area contributed by atoms with Gasteiger partial charge in [0.05, 0.1) is 4.90 Å². The Kier molecular flexibility index (Phi) is 6.17. The van der Waals surface area contributed by atoms with E-state index in [2.05, 4.69) is 15.9 Å². The van der Waals surface area contributed by atoms with Crippen molar-refractivity contribution in [1.29, 1.82) is 0 Å². The van der Waals surface area contributed by atoms with Crippen molar-refractivity contribution in [2.75, 3.05) is 26.2 Å². The van der Waals surface area contributed by atoms with Gasteiger partial charge >= 0.3 is 6.09 Å². The van der Waals surface area contributed by atoms with Crippen LogP contribution < -0.4 is 0 Å². The molecule has 140 valence electrons. The van der Waals surface area contributed by atoms with Gasteiger partial charge in [0.25, 0.3) is 0 Å². The number of amides is 1. The summed E-state index contributed by atoms with van der Waals surface area (Å²) in [6.45, 7) is 8.76. The van der Waals surface area contributed by atoms with Crippen LogP contribution in [0.15, 0.2) is 27.6 Å². The van der Waals surface area contributed by atoms with E-state index in [1.54, 1.807) is 23.1 Å². The van der Waals surface area contributed by atoms with Gasteiger partial charge in [-0.25, -0.2) is 13.2 Å².